The Hall–Kier alpha value is -1.73. The zero-order chi connectivity index (χ0) is 16.6. The van der Waals surface area contributed by atoms with Crippen molar-refractivity contribution in [3.63, 3.8) is 0 Å². The van der Waals surface area contributed by atoms with Crippen LogP contribution in [0.4, 0.5) is 0 Å². The largest absolute Gasteiger partial charge is 0.373 e. The Kier molecular flexibility index (Phi) is 4.25. The summed E-state index contributed by atoms with van der Waals surface area (Å²) in [4.78, 5) is 2.22. The summed E-state index contributed by atoms with van der Waals surface area (Å²) in [7, 11) is 0.263. The van der Waals surface area contributed by atoms with Crippen LogP contribution in [0, 0.1) is 0 Å². The SMILES string of the molecule is CN(C)Cc1ccccc1CN1[C@H](O)c2ccccc2S1(=O)=O. The maximum Gasteiger partial charge on any atom is 0.246 e. The molecule has 1 aliphatic rings. The molecule has 122 valence electrons. The van der Waals surface area contributed by atoms with Crippen LogP contribution in [0.15, 0.2) is 53.4 Å². The number of fused-ring (bicyclic) bond motifs is 1. The van der Waals surface area contributed by atoms with Gasteiger partial charge in [0.1, 0.15) is 6.23 Å². The summed E-state index contributed by atoms with van der Waals surface area (Å²) < 4.78 is 26.5. The molecule has 0 spiro atoms. The molecular formula is C17H20N2O3S. The summed E-state index contributed by atoms with van der Waals surface area (Å²) in [5.41, 5.74) is 2.39. The molecule has 23 heavy (non-hydrogen) atoms. The minimum absolute atomic E-state index is 0.155. The van der Waals surface area contributed by atoms with E-state index in [1.54, 1.807) is 24.3 Å². The van der Waals surface area contributed by atoms with E-state index in [9.17, 15) is 13.5 Å². The molecule has 0 fully saturated rings. The lowest BCUT2D eigenvalue weighted by atomic mass is 10.1. The van der Waals surface area contributed by atoms with E-state index in [0.717, 1.165) is 15.4 Å². The second-order valence-electron chi connectivity index (χ2n) is 5.97. The third-order valence-electron chi connectivity index (χ3n) is 3.99. The van der Waals surface area contributed by atoms with Crippen LogP contribution in [0.3, 0.4) is 0 Å². The molecule has 0 saturated heterocycles. The zero-order valence-electron chi connectivity index (χ0n) is 13.2. The van der Waals surface area contributed by atoms with Crippen LogP contribution >= 0.6 is 0 Å². The molecule has 0 bridgehead atoms. The summed E-state index contributed by atoms with van der Waals surface area (Å²) in [5, 5.41) is 10.4. The van der Waals surface area contributed by atoms with Gasteiger partial charge in [-0.2, -0.15) is 4.31 Å². The second-order valence-corrected chi connectivity index (χ2v) is 7.83. The normalized spacial score (nSPS) is 19.9. The van der Waals surface area contributed by atoms with Crippen molar-refractivity contribution in [2.45, 2.75) is 24.2 Å². The molecule has 1 aliphatic heterocycles. The van der Waals surface area contributed by atoms with Crippen LogP contribution in [0.25, 0.3) is 0 Å². The van der Waals surface area contributed by atoms with Crippen molar-refractivity contribution in [3.8, 4) is 0 Å². The predicted octanol–water partition coefficient (Wildman–Crippen LogP) is 1.94. The van der Waals surface area contributed by atoms with Gasteiger partial charge in [0.15, 0.2) is 0 Å². The van der Waals surface area contributed by atoms with E-state index in [4.69, 9.17) is 0 Å². The molecular weight excluding hydrogens is 312 g/mol. The van der Waals surface area contributed by atoms with Gasteiger partial charge in [-0.25, -0.2) is 8.42 Å². The molecule has 0 saturated carbocycles. The molecule has 0 aromatic heterocycles. The summed E-state index contributed by atoms with van der Waals surface area (Å²) in [5.74, 6) is 0. The van der Waals surface area contributed by atoms with Gasteiger partial charge in [0.2, 0.25) is 10.0 Å². The highest BCUT2D eigenvalue weighted by molar-refractivity contribution is 7.89. The highest BCUT2D eigenvalue weighted by Gasteiger charge is 2.41. The molecule has 2 aromatic carbocycles. The van der Waals surface area contributed by atoms with E-state index in [2.05, 4.69) is 0 Å². The lowest BCUT2D eigenvalue weighted by molar-refractivity contribution is 0.0647. The molecule has 2 aromatic rings. The molecule has 6 heteroatoms. The van der Waals surface area contributed by atoms with Gasteiger partial charge in [-0.15, -0.1) is 0 Å². The van der Waals surface area contributed by atoms with Crippen molar-refractivity contribution in [1.29, 1.82) is 0 Å². The third-order valence-corrected chi connectivity index (χ3v) is 5.86. The Labute approximate surface area is 136 Å². The van der Waals surface area contributed by atoms with Gasteiger partial charge in [0.25, 0.3) is 0 Å². The van der Waals surface area contributed by atoms with Crippen molar-refractivity contribution >= 4 is 10.0 Å². The Balaban J connectivity index is 1.96. The first-order valence-corrected chi connectivity index (χ1v) is 8.85. The van der Waals surface area contributed by atoms with E-state index in [1.807, 2.05) is 43.3 Å². The summed E-state index contributed by atoms with van der Waals surface area (Å²) >= 11 is 0. The zero-order valence-corrected chi connectivity index (χ0v) is 14.0. The minimum Gasteiger partial charge on any atom is -0.373 e. The van der Waals surface area contributed by atoms with E-state index in [0.29, 0.717) is 12.1 Å². The monoisotopic (exact) mass is 332 g/mol. The van der Waals surface area contributed by atoms with Crippen molar-refractivity contribution in [3.05, 3.63) is 65.2 Å². The summed E-state index contributed by atoms with van der Waals surface area (Å²) in [6, 6.07) is 14.3. The van der Waals surface area contributed by atoms with E-state index in [1.165, 1.54) is 0 Å². The quantitative estimate of drug-likeness (QED) is 0.929. The molecule has 0 radical (unpaired) electrons. The number of rotatable bonds is 4. The Morgan fingerprint density at radius 3 is 2.30 bits per heavy atom. The first-order chi connectivity index (χ1) is 10.9. The molecule has 1 heterocycles. The molecule has 1 N–H and O–H groups in total. The topological polar surface area (TPSA) is 60.9 Å². The van der Waals surface area contributed by atoms with E-state index >= 15 is 0 Å². The Morgan fingerprint density at radius 1 is 1.04 bits per heavy atom. The van der Waals surface area contributed by atoms with Crippen LogP contribution in [-0.4, -0.2) is 36.8 Å². The Bertz CT molecular complexity index is 818. The van der Waals surface area contributed by atoms with Crippen LogP contribution < -0.4 is 0 Å². The summed E-state index contributed by atoms with van der Waals surface area (Å²) in [6.07, 6.45) is -1.14. The van der Waals surface area contributed by atoms with Gasteiger partial charge in [-0.1, -0.05) is 42.5 Å². The van der Waals surface area contributed by atoms with Gasteiger partial charge < -0.3 is 10.0 Å². The number of hydrogen-bond donors (Lipinski definition) is 1. The number of hydrogen-bond acceptors (Lipinski definition) is 4. The van der Waals surface area contributed by atoms with Crippen LogP contribution in [0.1, 0.15) is 22.9 Å². The third kappa shape index (κ3) is 2.90. The molecule has 0 aliphatic carbocycles. The number of sulfonamides is 1. The van der Waals surface area contributed by atoms with Gasteiger partial charge in [0.05, 0.1) is 4.90 Å². The number of aliphatic hydroxyl groups is 1. The van der Waals surface area contributed by atoms with Crippen LogP contribution in [0.2, 0.25) is 0 Å². The first-order valence-electron chi connectivity index (χ1n) is 7.41. The fraction of sp³-hybridized carbons (Fsp3) is 0.294. The van der Waals surface area contributed by atoms with Crippen molar-refractivity contribution < 1.29 is 13.5 Å². The van der Waals surface area contributed by atoms with Crippen molar-refractivity contribution in [1.82, 2.24) is 9.21 Å². The highest BCUT2D eigenvalue weighted by atomic mass is 32.2. The van der Waals surface area contributed by atoms with Crippen molar-refractivity contribution in [2.75, 3.05) is 14.1 Å². The smallest absolute Gasteiger partial charge is 0.246 e. The van der Waals surface area contributed by atoms with E-state index < -0.39 is 16.3 Å². The fourth-order valence-electron chi connectivity index (χ4n) is 2.89. The maximum atomic E-state index is 12.7. The van der Waals surface area contributed by atoms with Gasteiger partial charge in [-0.05, 0) is 31.3 Å². The summed E-state index contributed by atoms with van der Waals surface area (Å²) in [6.45, 7) is 0.870. The van der Waals surface area contributed by atoms with Gasteiger partial charge >= 0.3 is 0 Å². The number of aliphatic hydroxyl groups excluding tert-OH is 1. The van der Waals surface area contributed by atoms with Gasteiger partial charge in [0, 0.05) is 18.7 Å². The number of nitrogens with zero attached hydrogens (tertiary/aromatic N) is 2. The average molecular weight is 332 g/mol. The second kappa shape index (κ2) is 6.05. The van der Waals surface area contributed by atoms with E-state index in [-0.39, 0.29) is 11.4 Å². The minimum atomic E-state index is -3.67. The van der Waals surface area contributed by atoms with Crippen molar-refractivity contribution in [2.24, 2.45) is 0 Å². The fourth-order valence-corrected chi connectivity index (χ4v) is 4.55. The first kappa shape index (κ1) is 16.1. The molecule has 3 rings (SSSR count). The molecule has 0 amide bonds. The van der Waals surface area contributed by atoms with Crippen LogP contribution in [-0.2, 0) is 23.1 Å². The average Bonchev–Trinajstić information content (AvgIpc) is 2.70. The number of benzene rings is 2. The maximum absolute atomic E-state index is 12.7. The predicted molar refractivity (Wildman–Crippen MR) is 88.0 cm³/mol. The standard InChI is InChI=1S/C17H20N2O3S/c1-18(2)11-13-7-3-4-8-14(13)12-19-17(20)15-9-5-6-10-16(15)23(19,21)22/h3-10,17,20H,11-12H2,1-2H3/t17-/m1/s1. The van der Waals surface area contributed by atoms with Gasteiger partial charge in [-0.3, -0.25) is 0 Å². The molecule has 5 nitrogen and oxygen atoms in total. The lowest BCUT2D eigenvalue weighted by Gasteiger charge is -2.21. The Morgan fingerprint density at radius 2 is 1.65 bits per heavy atom. The molecule has 1 atom stereocenters. The van der Waals surface area contributed by atoms with Crippen LogP contribution in [0.5, 0.6) is 0 Å². The lowest BCUT2D eigenvalue weighted by Crippen LogP contribution is -2.28. The molecule has 0 unspecified atom stereocenters. The highest BCUT2D eigenvalue weighted by Crippen LogP contribution is 2.38.